The summed E-state index contributed by atoms with van der Waals surface area (Å²) in [7, 11) is 0. The summed E-state index contributed by atoms with van der Waals surface area (Å²) in [5.41, 5.74) is 8.78. The van der Waals surface area contributed by atoms with E-state index in [2.05, 4.69) is 5.32 Å². The fourth-order valence-corrected chi connectivity index (χ4v) is 3.28. The maximum atomic E-state index is 14.2. The number of nitrogens with zero attached hydrogens (tertiary/aromatic N) is 2. The van der Waals surface area contributed by atoms with Crippen LogP contribution in [-0.4, -0.2) is 20.9 Å². The van der Waals surface area contributed by atoms with Crippen molar-refractivity contribution in [2.75, 3.05) is 5.32 Å². The second-order valence-electron chi connectivity index (χ2n) is 6.62. The predicted molar refractivity (Wildman–Crippen MR) is 114 cm³/mol. The Morgan fingerprint density at radius 2 is 1.77 bits per heavy atom. The van der Waals surface area contributed by atoms with Crippen molar-refractivity contribution >= 4 is 17.5 Å². The summed E-state index contributed by atoms with van der Waals surface area (Å²) < 4.78 is 15.8. The van der Waals surface area contributed by atoms with Gasteiger partial charge in [-0.3, -0.25) is 0 Å². The van der Waals surface area contributed by atoms with E-state index in [4.69, 9.17) is 10.8 Å². The number of carbonyl (C=O) groups is 1. The van der Waals surface area contributed by atoms with E-state index in [0.29, 0.717) is 18.1 Å². The molecule has 0 spiro atoms. The quantitative estimate of drug-likeness (QED) is 0.439. The highest BCUT2D eigenvalue weighted by atomic mass is 19.1. The first-order valence-corrected chi connectivity index (χ1v) is 9.31. The first-order chi connectivity index (χ1) is 14.6. The number of halogens is 1. The Hall–Kier alpha value is -3.97. The van der Waals surface area contributed by atoms with Gasteiger partial charge < -0.3 is 16.2 Å². The molecule has 3 aromatic carbocycles. The van der Waals surface area contributed by atoms with Gasteiger partial charge in [-0.05, 0) is 23.8 Å². The van der Waals surface area contributed by atoms with Crippen LogP contribution in [0.5, 0.6) is 0 Å². The SMILES string of the molecule is NCc1ccccc1-n1nc(-c2ccccc2)cc1Nc1cccc(F)c1C(=O)O. The zero-order valence-corrected chi connectivity index (χ0v) is 15.9. The van der Waals surface area contributed by atoms with Crippen molar-refractivity contribution in [1.29, 1.82) is 0 Å². The lowest BCUT2D eigenvalue weighted by molar-refractivity contribution is 0.0693. The summed E-state index contributed by atoms with van der Waals surface area (Å²) in [6, 6.07) is 23.0. The lowest BCUT2D eigenvalue weighted by Crippen LogP contribution is -2.10. The van der Waals surface area contributed by atoms with Crippen LogP contribution in [-0.2, 0) is 6.54 Å². The number of rotatable bonds is 6. The molecular formula is C23H19FN4O2. The van der Waals surface area contributed by atoms with Gasteiger partial charge in [0.25, 0.3) is 0 Å². The van der Waals surface area contributed by atoms with E-state index < -0.39 is 17.3 Å². The molecular weight excluding hydrogens is 383 g/mol. The molecule has 0 saturated heterocycles. The molecule has 0 aliphatic rings. The Morgan fingerprint density at radius 3 is 2.50 bits per heavy atom. The molecule has 0 amide bonds. The number of carboxylic acids is 1. The Morgan fingerprint density at radius 1 is 1.03 bits per heavy atom. The average molecular weight is 402 g/mol. The Kier molecular flexibility index (Phi) is 5.28. The van der Waals surface area contributed by atoms with Gasteiger partial charge in [0.15, 0.2) is 0 Å². The fourth-order valence-electron chi connectivity index (χ4n) is 3.28. The largest absolute Gasteiger partial charge is 0.478 e. The maximum Gasteiger partial charge on any atom is 0.340 e. The van der Waals surface area contributed by atoms with Gasteiger partial charge in [0.1, 0.15) is 17.2 Å². The predicted octanol–water partition coefficient (Wildman–Crippen LogP) is 4.58. The molecule has 30 heavy (non-hydrogen) atoms. The van der Waals surface area contributed by atoms with Crippen LogP contribution >= 0.6 is 0 Å². The van der Waals surface area contributed by atoms with Crippen LogP contribution in [0.25, 0.3) is 16.9 Å². The van der Waals surface area contributed by atoms with Crippen LogP contribution in [0.3, 0.4) is 0 Å². The first kappa shape index (κ1) is 19.4. The average Bonchev–Trinajstić information content (AvgIpc) is 3.17. The van der Waals surface area contributed by atoms with E-state index in [1.807, 2.05) is 54.6 Å². The van der Waals surface area contributed by atoms with Crippen molar-refractivity contribution in [3.05, 3.63) is 95.8 Å². The Labute approximate surface area is 172 Å². The van der Waals surface area contributed by atoms with Crippen LogP contribution in [0.15, 0.2) is 78.9 Å². The number of hydrogen-bond acceptors (Lipinski definition) is 4. The normalized spacial score (nSPS) is 10.7. The molecule has 0 aliphatic heterocycles. The molecule has 7 heteroatoms. The fraction of sp³-hybridized carbons (Fsp3) is 0.0435. The Balaban J connectivity index is 1.88. The second kappa shape index (κ2) is 8.18. The number of hydrogen-bond donors (Lipinski definition) is 3. The lowest BCUT2D eigenvalue weighted by Gasteiger charge is -2.14. The van der Waals surface area contributed by atoms with Crippen molar-refractivity contribution in [2.45, 2.75) is 6.54 Å². The Bertz CT molecular complexity index is 1210. The van der Waals surface area contributed by atoms with Gasteiger partial charge in [-0.1, -0.05) is 54.6 Å². The summed E-state index contributed by atoms with van der Waals surface area (Å²) in [5.74, 6) is -1.68. The molecule has 4 aromatic rings. The van der Waals surface area contributed by atoms with Gasteiger partial charge in [0, 0.05) is 18.2 Å². The molecule has 0 bridgehead atoms. The van der Waals surface area contributed by atoms with Crippen molar-refractivity contribution in [2.24, 2.45) is 5.73 Å². The van der Waals surface area contributed by atoms with E-state index in [9.17, 15) is 14.3 Å². The summed E-state index contributed by atoms with van der Waals surface area (Å²) in [6.45, 7) is 0.302. The number of nitrogens with two attached hydrogens (primary N) is 1. The molecule has 0 atom stereocenters. The van der Waals surface area contributed by atoms with Crippen molar-refractivity contribution in [1.82, 2.24) is 9.78 Å². The molecule has 6 nitrogen and oxygen atoms in total. The molecule has 4 N–H and O–H groups in total. The van der Waals surface area contributed by atoms with Crippen molar-refractivity contribution in [3.8, 4) is 16.9 Å². The number of anilines is 2. The monoisotopic (exact) mass is 402 g/mol. The minimum Gasteiger partial charge on any atom is -0.478 e. The van der Waals surface area contributed by atoms with Crippen LogP contribution in [0.1, 0.15) is 15.9 Å². The van der Waals surface area contributed by atoms with E-state index in [-0.39, 0.29) is 5.69 Å². The standard InChI is InChI=1S/C23H19FN4O2/c24-17-10-6-11-18(22(17)23(29)30)26-21-13-19(15-7-2-1-3-8-15)27-28(21)20-12-5-4-9-16(20)14-25/h1-13,26H,14,25H2,(H,29,30). The zero-order chi connectivity index (χ0) is 21.1. The van der Waals surface area contributed by atoms with Gasteiger partial charge in [-0.25, -0.2) is 13.9 Å². The van der Waals surface area contributed by atoms with Gasteiger partial charge in [0.2, 0.25) is 0 Å². The van der Waals surface area contributed by atoms with Gasteiger partial charge in [-0.2, -0.15) is 5.10 Å². The molecule has 0 saturated carbocycles. The molecule has 1 aromatic heterocycles. The molecule has 0 radical (unpaired) electrons. The number of benzene rings is 3. The summed E-state index contributed by atoms with van der Waals surface area (Å²) in [4.78, 5) is 11.6. The van der Waals surface area contributed by atoms with E-state index >= 15 is 0 Å². The summed E-state index contributed by atoms with van der Waals surface area (Å²) in [5, 5.41) is 17.2. The van der Waals surface area contributed by atoms with E-state index in [0.717, 1.165) is 22.9 Å². The molecule has 0 aliphatic carbocycles. The van der Waals surface area contributed by atoms with Gasteiger partial charge in [-0.15, -0.1) is 0 Å². The highest BCUT2D eigenvalue weighted by Gasteiger charge is 2.19. The third-order valence-electron chi connectivity index (χ3n) is 4.71. The van der Waals surface area contributed by atoms with Crippen molar-refractivity contribution in [3.63, 3.8) is 0 Å². The summed E-state index contributed by atoms with van der Waals surface area (Å²) >= 11 is 0. The first-order valence-electron chi connectivity index (χ1n) is 9.31. The second-order valence-corrected chi connectivity index (χ2v) is 6.62. The van der Waals surface area contributed by atoms with Gasteiger partial charge >= 0.3 is 5.97 Å². The molecule has 0 unspecified atom stereocenters. The van der Waals surface area contributed by atoms with Crippen molar-refractivity contribution < 1.29 is 14.3 Å². The molecule has 150 valence electrons. The minimum absolute atomic E-state index is 0.133. The molecule has 1 heterocycles. The van der Waals surface area contributed by atoms with Crippen LogP contribution in [0.4, 0.5) is 15.9 Å². The number of nitrogens with one attached hydrogen (secondary N) is 1. The number of para-hydroxylation sites is 1. The topological polar surface area (TPSA) is 93.2 Å². The number of aromatic nitrogens is 2. The maximum absolute atomic E-state index is 14.2. The zero-order valence-electron chi connectivity index (χ0n) is 15.9. The highest BCUT2D eigenvalue weighted by molar-refractivity contribution is 5.95. The third-order valence-corrected chi connectivity index (χ3v) is 4.71. The smallest absolute Gasteiger partial charge is 0.340 e. The summed E-state index contributed by atoms with van der Waals surface area (Å²) in [6.07, 6.45) is 0. The number of carboxylic acid groups (broad SMARTS) is 1. The lowest BCUT2D eigenvalue weighted by atomic mass is 10.1. The van der Waals surface area contributed by atoms with Crippen LogP contribution < -0.4 is 11.1 Å². The van der Waals surface area contributed by atoms with E-state index in [1.54, 1.807) is 10.7 Å². The highest BCUT2D eigenvalue weighted by Crippen LogP contribution is 2.30. The van der Waals surface area contributed by atoms with E-state index in [1.165, 1.54) is 12.1 Å². The minimum atomic E-state index is -1.35. The number of aromatic carboxylic acids is 1. The molecule has 0 fully saturated rings. The van der Waals surface area contributed by atoms with Crippen LogP contribution in [0.2, 0.25) is 0 Å². The molecule has 4 rings (SSSR count). The van der Waals surface area contributed by atoms with Gasteiger partial charge in [0.05, 0.1) is 17.1 Å². The third kappa shape index (κ3) is 3.66. The van der Waals surface area contributed by atoms with Crippen LogP contribution in [0, 0.1) is 5.82 Å².